The SMILES string of the molecule is COC(=O)c1ccc(Oc2c(C)oc3cc(OCc4ccc(C)cc4)ccc3c2=O)cc1. The van der Waals surface area contributed by atoms with Gasteiger partial charge in [-0.2, -0.15) is 0 Å². The molecule has 0 aliphatic rings. The molecule has 0 saturated heterocycles. The molecule has 0 bridgehead atoms. The Bertz CT molecular complexity index is 1320. The Balaban J connectivity index is 1.56. The average Bonchev–Trinajstić information content (AvgIpc) is 2.81. The van der Waals surface area contributed by atoms with Gasteiger partial charge in [-0.05, 0) is 55.8 Å². The summed E-state index contributed by atoms with van der Waals surface area (Å²) in [7, 11) is 1.31. The molecule has 32 heavy (non-hydrogen) atoms. The van der Waals surface area contributed by atoms with E-state index in [1.54, 1.807) is 49.4 Å². The van der Waals surface area contributed by atoms with E-state index < -0.39 is 5.97 Å². The fraction of sp³-hybridized carbons (Fsp3) is 0.154. The minimum atomic E-state index is -0.446. The summed E-state index contributed by atoms with van der Waals surface area (Å²) < 4.78 is 22.2. The number of aryl methyl sites for hydroxylation is 2. The summed E-state index contributed by atoms with van der Waals surface area (Å²) >= 11 is 0. The Hall–Kier alpha value is -4.06. The van der Waals surface area contributed by atoms with E-state index in [2.05, 4.69) is 4.74 Å². The minimum Gasteiger partial charge on any atom is -0.489 e. The van der Waals surface area contributed by atoms with Crippen LogP contribution in [0, 0.1) is 13.8 Å². The van der Waals surface area contributed by atoms with Crippen LogP contribution < -0.4 is 14.9 Å². The van der Waals surface area contributed by atoms with Crippen molar-refractivity contribution in [3.05, 3.63) is 99.4 Å². The van der Waals surface area contributed by atoms with Crippen LogP contribution in [-0.4, -0.2) is 13.1 Å². The van der Waals surface area contributed by atoms with E-state index in [1.807, 2.05) is 31.2 Å². The van der Waals surface area contributed by atoms with Gasteiger partial charge in [-0.15, -0.1) is 0 Å². The van der Waals surface area contributed by atoms with Gasteiger partial charge < -0.3 is 18.6 Å². The lowest BCUT2D eigenvalue weighted by Crippen LogP contribution is -2.08. The zero-order valence-electron chi connectivity index (χ0n) is 18.0. The molecule has 0 N–H and O–H groups in total. The number of hydrogen-bond donors (Lipinski definition) is 0. The second-order valence-electron chi connectivity index (χ2n) is 7.37. The second kappa shape index (κ2) is 8.98. The van der Waals surface area contributed by atoms with Crippen molar-refractivity contribution in [2.45, 2.75) is 20.5 Å². The van der Waals surface area contributed by atoms with Gasteiger partial charge in [0, 0.05) is 6.07 Å². The Kier molecular flexibility index (Phi) is 5.94. The molecule has 0 saturated carbocycles. The first-order valence-corrected chi connectivity index (χ1v) is 10.1. The predicted octanol–water partition coefficient (Wildman–Crippen LogP) is 5.57. The van der Waals surface area contributed by atoms with E-state index in [0.29, 0.717) is 40.4 Å². The summed E-state index contributed by atoms with van der Waals surface area (Å²) in [5.41, 5.74) is 2.76. The lowest BCUT2D eigenvalue weighted by molar-refractivity contribution is 0.0600. The van der Waals surface area contributed by atoms with Crippen molar-refractivity contribution in [3.8, 4) is 17.2 Å². The van der Waals surface area contributed by atoms with E-state index >= 15 is 0 Å². The van der Waals surface area contributed by atoms with Gasteiger partial charge in [0.1, 0.15) is 29.4 Å². The van der Waals surface area contributed by atoms with E-state index in [9.17, 15) is 9.59 Å². The highest BCUT2D eigenvalue weighted by Gasteiger charge is 2.15. The van der Waals surface area contributed by atoms with E-state index in [-0.39, 0.29) is 11.2 Å². The first kappa shape index (κ1) is 21.2. The zero-order valence-corrected chi connectivity index (χ0v) is 18.0. The zero-order chi connectivity index (χ0) is 22.7. The van der Waals surface area contributed by atoms with E-state index in [4.69, 9.17) is 13.9 Å². The first-order valence-electron chi connectivity index (χ1n) is 10.1. The molecule has 0 atom stereocenters. The average molecular weight is 430 g/mol. The van der Waals surface area contributed by atoms with Gasteiger partial charge in [-0.3, -0.25) is 4.79 Å². The molecule has 0 fully saturated rings. The molecule has 0 aliphatic heterocycles. The topological polar surface area (TPSA) is 75.0 Å². The van der Waals surface area contributed by atoms with Crippen LogP contribution in [0.5, 0.6) is 17.2 Å². The third-order valence-corrected chi connectivity index (χ3v) is 5.01. The maximum Gasteiger partial charge on any atom is 0.337 e. The molecule has 6 nitrogen and oxygen atoms in total. The lowest BCUT2D eigenvalue weighted by Gasteiger charge is -2.11. The molecule has 0 spiro atoms. The van der Waals surface area contributed by atoms with Gasteiger partial charge in [0.25, 0.3) is 0 Å². The summed E-state index contributed by atoms with van der Waals surface area (Å²) in [5.74, 6) is 1.00. The first-order chi connectivity index (χ1) is 15.4. The Morgan fingerprint density at radius 1 is 0.906 bits per heavy atom. The van der Waals surface area contributed by atoms with Crippen LogP contribution in [-0.2, 0) is 11.3 Å². The summed E-state index contributed by atoms with van der Waals surface area (Å²) in [6, 6.07) is 19.5. The summed E-state index contributed by atoms with van der Waals surface area (Å²) in [4.78, 5) is 24.6. The highest BCUT2D eigenvalue weighted by atomic mass is 16.5. The molecule has 4 aromatic rings. The third kappa shape index (κ3) is 4.49. The maximum atomic E-state index is 13.0. The monoisotopic (exact) mass is 430 g/mol. The number of benzene rings is 3. The van der Waals surface area contributed by atoms with E-state index in [0.717, 1.165) is 5.56 Å². The molecule has 162 valence electrons. The number of methoxy groups -OCH3 is 1. The molecule has 1 heterocycles. The van der Waals surface area contributed by atoms with Crippen molar-refractivity contribution in [1.82, 2.24) is 0 Å². The summed E-state index contributed by atoms with van der Waals surface area (Å²) in [5, 5.41) is 0.388. The predicted molar refractivity (Wildman–Crippen MR) is 121 cm³/mol. The lowest BCUT2D eigenvalue weighted by atomic mass is 10.1. The van der Waals surface area contributed by atoms with Crippen molar-refractivity contribution in [3.63, 3.8) is 0 Å². The van der Waals surface area contributed by atoms with Crippen molar-refractivity contribution < 1.29 is 23.4 Å². The van der Waals surface area contributed by atoms with Gasteiger partial charge in [0.2, 0.25) is 11.2 Å². The summed E-state index contributed by atoms with van der Waals surface area (Å²) in [6.07, 6.45) is 0. The van der Waals surface area contributed by atoms with Crippen LogP contribution in [0.3, 0.4) is 0 Å². The number of rotatable bonds is 6. The Morgan fingerprint density at radius 3 is 2.28 bits per heavy atom. The normalized spacial score (nSPS) is 10.7. The van der Waals surface area contributed by atoms with Crippen molar-refractivity contribution in [2.75, 3.05) is 7.11 Å². The van der Waals surface area contributed by atoms with Crippen LogP contribution in [0.25, 0.3) is 11.0 Å². The highest BCUT2D eigenvalue weighted by molar-refractivity contribution is 5.89. The molecule has 0 unspecified atom stereocenters. The van der Waals surface area contributed by atoms with Gasteiger partial charge >= 0.3 is 5.97 Å². The molecule has 6 heteroatoms. The van der Waals surface area contributed by atoms with Crippen LogP contribution in [0.4, 0.5) is 0 Å². The number of esters is 1. The molecule has 1 aromatic heterocycles. The van der Waals surface area contributed by atoms with Gasteiger partial charge in [0.15, 0.2) is 0 Å². The molecule has 0 aliphatic carbocycles. The second-order valence-corrected chi connectivity index (χ2v) is 7.37. The third-order valence-electron chi connectivity index (χ3n) is 5.01. The van der Waals surface area contributed by atoms with Crippen LogP contribution in [0.2, 0.25) is 0 Å². The van der Waals surface area contributed by atoms with Gasteiger partial charge in [-0.25, -0.2) is 4.79 Å². The number of carbonyl (C=O) groups excluding carboxylic acids is 1. The van der Waals surface area contributed by atoms with Crippen molar-refractivity contribution in [2.24, 2.45) is 0 Å². The molecular weight excluding hydrogens is 408 g/mol. The fourth-order valence-corrected chi connectivity index (χ4v) is 3.22. The van der Waals surface area contributed by atoms with E-state index in [1.165, 1.54) is 12.7 Å². The summed E-state index contributed by atoms with van der Waals surface area (Å²) in [6.45, 7) is 4.12. The Labute approximate surface area is 185 Å². The van der Waals surface area contributed by atoms with Crippen LogP contribution >= 0.6 is 0 Å². The molecular formula is C26H22O6. The molecule has 3 aromatic carbocycles. The number of carbonyl (C=O) groups is 1. The van der Waals surface area contributed by atoms with Crippen LogP contribution in [0.15, 0.2) is 75.9 Å². The van der Waals surface area contributed by atoms with Gasteiger partial charge in [0.05, 0.1) is 18.1 Å². The molecule has 4 rings (SSSR count). The molecule has 0 amide bonds. The van der Waals surface area contributed by atoms with Crippen molar-refractivity contribution in [1.29, 1.82) is 0 Å². The standard InChI is InChI=1S/C26H22O6/c1-16-4-6-18(7-5-16)15-30-21-12-13-22-23(14-21)31-17(2)25(24(22)27)32-20-10-8-19(9-11-20)26(28)29-3/h4-14H,15H2,1-3H3. The fourth-order valence-electron chi connectivity index (χ4n) is 3.22. The smallest absolute Gasteiger partial charge is 0.337 e. The Morgan fingerprint density at radius 2 is 1.59 bits per heavy atom. The molecule has 0 radical (unpaired) electrons. The van der Waals surface area contributed by atoms with Gasteiger partial charge in [-0.1, -0.05) is 29.8 Å². The number of hydrogen-bond acceptors (Lipinski definition) is 6. The van der Waals surface area contributed by atoms with Crippen LogP contribution in [0.1, 0.15) is 27.2 Å². The minimum absolute atomic E-state index is 0.0941. The highest BCUT2D eigenvalue weighted by Crippen LogP contribution is 2.28. The number of fused-ring (bicyclic) bond motifs is 1. The maximum absolute atomic E-state index is 13.0. The van der Waals surface area contributed by atoms with Crippen molar-refractivity contribution >= 4 is 16.9 Å². The quantitative estimate of drug-likeness (QED) is 0.373. The largest absolute Gasteiger partial charge is 0.489 e. The number of ether oxygens (including phenoxy) is 3.